The van der Waals surface area contributed by atoms with Gasteiger partial charge in [0.25, 0.3) is 0 Å². The lowest BCUT2D eigenvalue weighted by Gasteiger charge is -2.42. The number of nitrogens with zero attached hydrogens (tertiary/aromatic N) is 4. The van der Waals surface area contributed by atoms with Crippen LogP contribution in [0.15, 0.2) is 91.0 Å². The van der Waals surface area contributed by atoms with E-state index < -0.39 is 7.44 Å². The molecule has 1 saturated heterocycles. The Bertz CT molecular complexity index is 1070. The Morgan fingerprint density at radius 3 is 1.37 bits per heavy atom. The minimum atomic E-state index is -3.01. The molecule has 0 spiro atoms. The van der Waals surface area contributed by atoms with Gasteiger partial charge in [-0.1, -0.05) is 78.9 Å². The minimum Gasteiger partial charge on any atom is -0.305 e. The number of rotatable bonds is 11. The molecule has 1 fully saturated rings. The third-order valence-electron chi connectivity index (χ3n) is 7.87. The van der Waals surface area contributed by atoms with Crippen molar-refractivity contribution in [1.29, 1.82) is 0 Å². The van der Waals surface area contributed by atoms with E-state index in [1.807, 2.05) is 18.2 Å². The van der Waals surface area contributed by atoms with Gasteiger partial charge in [0.1, 0.15) is 0 Å². The molecule has 0 aromatic heterocycles. The third-order valence-corrected chi connectivity index (χ3v) is 11.1. The van der Waals surface area contributed by atoms with Crippen molar-refractivity contribution in [3.8, 4) is 0 Å². The van der Waals surface area contributed by atoms with E-state index in [0.717, 1.165) is 57.2 Å². The normalized spacial score (nSPS) is 18.4. The van der Waals surface area contributed by atoms with Crippen LogP contribution in [-0.4, -0.2) is 85.6 Å². The highest BCUT2D eigenvalue weighted by Crippen LogP contribution is 2.54. The Hall–Kier alpha value is -2.27. The largest absolute Gasteiger partial charge is 0.305 e. The van der Waals surface area contributed by atoms with Gasteiger partial charge < -0.3 is 9.80 Å². The summed E-state index contributed by atoms with van der Waals surface area (Å²) in [5.41, 5.74) is 2.64. The standard InChI is InChI=1S/C32H45N4OP/c1-33(2)30(24-28-16-8-5-9-17-28)26-35-22-14-15-23-36(38(35,37)32-20-12-7-13-21-32)27-31(34(3)4)25-29-18-10-6-11-19-29/h5-13,16-21,30-31H,14-15,22-27H2,1-4H3/t30-,31-/m1/s1. The van der Waals surface area contributed by atoms with E-state index in [-0.39, 0.29) is 12.1 Å². The van der Waals surface area contributed by atoms with Gasteiger partial charge in [-0.15, -0.1) is 0 Å². The Labute approximate surface area is 230 Å². The number of hydrogen-bond donors (Lipinski definition) is 0. The quantitative estimate of drug-likeness (QED) is 0.315. The molecule has 2 atom stereocenters. The maximum Gasteiger partial charge on any atom is 0.245 e. The number of hydrogen-bond acceptors (Lipinski definition) is 3. The first-order chi connectivity index (χ1) is 18.4. The van der Waals surface area contributed by atoms with E-state index in [4.69, 9.17) is 0 Å². The maximum atomic E-state index is 15.6. The molecule has 0 N–H and O–H groups in total. The van der Waals surface area contributed by atoms with Crippen molar-refractivity contribution in [2.24, 2.45) is 0 Å². The van der Waals surface area contributed by atoms with Crippen LogP contribution in [0.3, 0.4) is 0 Å². The topological polar surface area (TPSA) is 30.0 Å². The lowest BCUT2D eigenvalue weighted by atomic mass is 10.1. The molecule has 6 heteroatoms. The highest BCUT2D eigenvalue weighted by Gasteiger charge is 2.42. The summed E-state index contributed by atoms with van der Waals surface area (Å²) < 4.78 is 20.2. The second kappa shape index (κ2) is 13.7. The van der Waals surface area contributed by atoms with E-state index in [0.29, 0.717) is 0 Å². The highest BCUT2D eigenvalue weighted by molar-refractivity contribution is 7.67. The van der Waals surface area contributed by atoms with Crippen molar-refractivity contribution < 1.29 is 4.57 Å². The van der Waals surface area contributed by atoms with Gasteiger partial charge >= 0.3 is 0 Å². The molecular formula is C32H45N4OP. The fourth-order valence-corrected chi connectivity index (χ4v) is 8.69. The number of benzene rings is 3. The minimum absolute atomic E-state index is 0.267. The summed E-state index contributed by atoms with van der Waals surface area (Å²) in [5.74, 6) is 0. The van der Waals surface area contributed by atoms with Gasteiger partial charge in [0.15, 0.2) is 0 Å². The van der Waals surface area contributed by atoms with Gasteiger partial charge in [-0.2, -0.15) is 0 Å². The lowest BCUT2D eigenvalue weighted by molar-refractivity contribution is 0.221. The molecule has 3 aromatic rings. The Kier molecular flexibility index (Phi) is 10.3. The summed E-state index contributed by atoms with van der Waals surface area (Å²) in [5, 5.41) is 0.955. The molecule has 0 saturated carbocycles. The zero-order chi connectivity index (χ0) is 27.0. The van der Waals surface area contributed by atoms with Gasteiger partial charge in [0, 0.05) is 43.6 Å². The van der Waals surface area contributed by atoms with Crippen molar-refractivity contribution in [3.63, 3.8) is 0 Å². The summed E-state index contributed by atoms with van der Waals surface area (Å²) in [6.45, 7) is 3.26. The van der Waals surface area contributed by atoms with Crippen LogP contribution in [0.1, 0.15) is 24.0 Å². The first-order valence-corrected chi connectivity index (χ1v) is 15.6. The van der Waals surface area contributed by atoms with Crippen LogP contribution in [0.25, 0.3) is 0 Å². The van der Waals surface area contributed by atoms with Crippen LogP contribution >= 0.6 is 7.44 Å². The molecular weight excluding hydrogens is 487 g/mol. The summed E-state index contributed by atoms with van der Waals surface area (Å²) in [4.78, 5) is 4.60. The van der Waals surface area contributed by atoms with Gasteiger partial charge in [0.2, 0.25) is 7.44 Å². The van der Waals surface area contributed by atoms with E-state index >= 15 is 4.57 Å². The Balaban J connectivity index is 1.66. The van der Waals surface area contributed by atoms with E-state index in [1.165, 1.54) is 11.1 Å². The molecule has 5 nitrogen and oxygen atoms in total. The van der Waals surface area contributed by atoms with Crippen LogP contribution in [0, 0.1) is 0 Å². The van der Waals surface area contributed by atoms with Crippen molar-refractivity contribution in [3.05, 3.63) is 102 Å². The molecule has 0 aliphatic carbocycles. The molecule has 204 valence electrons. The maximum absolute atomic E-state index is 15.6. The van der Waals surface area contributed by atoms with Crippen molar-refractivity contribution in [1.82, 2.24) is 19.1 Å². The van der Waals surface area contributed by atoms with Gasteiger partial charge in [-0.05, 0) is 77.1 Å². The van der Waals surface area contributed by atoms with Gasteiger partial charge in [0.05, 0.1) is 0 Å². The fourth-order valence-electron chi connectivity index (χ4n) is 5.47. The average Bonchev–Trinajstić information content (AvgIpc) is 3.08. The molecule has 1 aliphatic rings. The Morgan fingerprint density at radius 1 is 0.632 bits per heavy atom. The molecule has 0 radical (unpaired) electrons. The van der Waals surface area contributed by atoms with E-state index in [2.05, 4.69) is 120 Å². The van der Waals surface area contributed by atoms with Crippen molar-refractivity contribution in [2.75, 3.05) is 54.4 Å². The first kappa shape index (κ1) is 28.7. The second-order valence-electron chi connectivity index (χ2n) is 11.0. The third kappa shape index (κ3) is 7.22. The van der Waals surface area contributed by atoms with E-state index in [9.17, 15) is 0 Å². The first-order valence-electron chi connectivity index (χ1n) is 13.9. The molecule has 38 heavy (non-hydrogen) atoms. The van der Waals surface area contributed by atoms with Crippen molar-refractivity contribution in [2.45, 2.75) is 37.8 Å². The van der Waals surface area contributed by atoms with Gasteiger partial charge in [-0.3, -0.25) is 4.57 Å². The molecule has 0 unspecified atom stereocenters. The van der Waals surface area contributed by atoms with Crippen LogP contribution in [0.4, 0.5) is 0 Å². The second-order valence-corrected chi connectivity index (χ2v) is 13.8. The van der Waals surface area contributed by atoms with Gasteiger partial charge in [-0.25, -0.2) is 9.34 Å². The lowest BCUT2D eigenvalue weighted by Crippen LogP contribution is -2.47. The average molecular weight is 533 g/mol. The summed E-state index contributed by atoms with van der Waals surface area (Å²) >= 11 is 0. The monoisotopic (exact) mass is 532 g/mol. The molecule has 1 aliphatic heterocycles. The predicted molar refractivity (Wildman–Crippen MR) is 161 cm³/mol. The number of likely N-dealkylation sites (N-methyl/N-ethyl adjacent to an activating group) is 2. The van der Waals surface area contributed by atoms with E-state index in [1.54, 1.807) is 0 Å². The summed E-state index contributed by atoms with van der Waals surface area (Å²) in [6.07, 6.45) is 4.00. The molecule has 0 amide bonds. The fraction of sp³-hybridized carbons (Fsp3) is 0.438. The van der Waals surface area contributed by atoms with Crippen LogP contribution < -0.4 is 5.30 Å². The predicted octanol–water partition coefficient (Wildman–Crippen LogP) is 5.25. The molecule has 4 rings (SSSR count). The summed E-state index contributed by atoms with van der Waals surface area (Å²) in [7, 11) is 5.59. The SMILES string of the molecule is CN(C)[C@H](Cc1ccccc1)CN1CCCCN(C[C@@H](Cc2ccccc2)N(C)C)P1(=O)c1ccccc1. The zero-order valence-electron chi connectivity index (χ0n) is 23.6. The van der Waals surface area contributed by atoms with Crippen molar-refractivity contribution >= 4 is 12.7 Å². The highest BCUT2D eigenvalue weighted by atomic mass is 31.2. The molecule has 1 heterocycles. The Morgan fingerprint density at radius 2 is 1.00 bits per heavy atom. The smallest absolute Gasteiger partial charge is 0.245 e. The van der Waals surface area contributed by atoms with Crippen LogP contribution in [0.2, 0.25) is 0 Å². The van der Waals surface area contributed by atoms with Crippen LogP contribution in [-0.2, 0) is 17.4 Å². The summed E-state index contributed by atoms with van der Waals surface area (Å²) in [6, 6.07) is 32.2. The molecule has 3 aromatic carbocycles. The molecule has 0 bridgehead atoms. The van der Waals surface area contributed by atoms with Crippen LogP contribution in [0.5, 0.6) is 0 Å². The zero-order valence-corrected chi connectivity index (χ0v) is 24.5.